The molecule has 18 rings (SSSR count). The second-order valence-electron chi connectivity index (χ2n) is 25.2. The van der Waals surface area contributed by atoms with Gasteiger partial charge in [0.1, 0.15) is 0 Å². The Labute approximate surface area is 571 Å². The molecule has 2 unspecified atom stereocenters. The molecule has 0 bridgehead atoms. The standard InChI is InChI=1S/C93H66N2/c1-3-63-41-45-65(46-42-63)61-91(67-25-9-5-10-26-67)83-37-21-17-33-75(83)79-53-49-71(57-87(79)91)94(69-29-13-7-14-30-69)73-51-55-81-77-35-19-23-39-85(77)93(89(81)59-73)86-40-24-20-36-78(86)82-56-52-74(60-90(82)93)95(70-31-15-8-16-32-70)72-50-54-80-76-34-18-22-38-84(76)92(88(80)58-72,68-27-11-6-12-28-68)62-66-47-43-64(4-2)44-48-66/h3-60H,1-2,61-62H2/i5D,6D,9D,10D,11D,12D,25D,26D,27D,28D. The molecule has 1 spiro atoms. The molecule has 14 aromatic rings. The van der Waals surface area contributed by atoms with E-state index in [4.69, 9.17) is 2.74 Å². The molecule has 0 aliphatic heterocycles. The van der Waals surface area contributed by atoms with Gasteiger partial charge in [0.15, 0.2) is 0 Å². The fourth-order valence-electron chi connectivity index (χ4n) is 16.6. The second kappa shape index (κ2) is 22.2. The molecule has 448 valence electrons. The summed E-state index contributed by atoms with van der Waals surface area (Å²) >= 11 is 0. The molecule has 0 aromatic heterocycles. The molecule has 4 aliphatic rings. The molecule has 0 amide bonds. The van der Waals surface area contributed by atoms with E-state index in [9.17, 15) is 11.0 Å². The summed E-state index contributed by atoms with van der Waals surface area (Å²) in [6, 6.07) is 93.8. The molecule has 0 heterocycles. The highest BCUT2D eigenvalue weighted by molar-refractivity contribution is 5.99. The highest BCUT2D eigenvalue weighted by Gasteiger charge is 2.53. The lowest BCUT2D eigenvalue weighted by Gasteiger charge is -2.35. The van der Waals surface area contributed by atoms with E-state index >= 15 is 0 Å². The maximum Gasteiger partial charge on any atom is 0.0727 e. The summed E-state index contributed by atoms with van der Waals surface area (Å²) in [6.07, 6.45) is 4.17. The van der Waals surface area contributed by atoms with Crippen molar-refractivity contribution in [3.63, 3.8) is 0 Å². The van der Waals surface area contributed by atoms with Gasteiger partial charge in [-0.15, -0.1) is 0 Å². The van der Waals surface area contributed by atoms with Gasteiger partial charge in [0.25, 0.3) is 0 Å². The van der Waals surface area contributed by atoms with Crippen molar-refractivity contribution in [2.45, 2.75) is 29.1 Å². The van der Waals surface area contributed by atoms with Crippen LogP contribution in [0.1, 0.15) is 91.6 Å². The Kier molecular flexibility index (Phi) is 10.8. The largest absolute Gasteiger partial charge is 0.310 e. The van der Waals surface area contributed by atoms with Crippen molar-refractivity contribution < 1.29 is 13.7 Å². The predicted octanol–water partition coefficient (Wildman–Crippen LogP) is 23.4. The molecular formula is C93H66N2. The molecule has 2 nitrogen and oxygen atoms in total. The van der Waals surface area contributed by atoms with Crippen LogP contribution in [-0.2, 0) is 29.1 Å². The van der Waals surface area contributed by atoms with Crippen molar-refractivity contribution in [2.75, 3.05) is 9.80 Å². The molecule has 2 atom stereocenters. The van der Waals surface area contributed by atoms with Crippen LogP contribution >= 0.6 is 0 Å². The van der Waals surface area contributed by atoms with E-state index in [1.165, 1.54) is 0 Å². The quantitative estimate of drug-likeness (QED) is 0.107. The number of benzene rings is 14. The predicted molar refractivity (Wildman–Crippen MR) is 396 cm³/mol. The number of para-hydroxylation sites is 2. The SMILES string of the molecule is [2H]c1c([2H])c([2H])c(C2(Cc3ccc(C=C)cc3)c3ccccc3-c3ccc(N(c4ccccc4)c4ccc5c(c4)C4(c6ccccc6-5)c5ccccc5-c5ccc(N(c6ccccc6)c6ccc7c(c6)C(Cc6ccc(C=C)cc6)(c6c([2H])c([2H])c([2H])c([2H])c6[2H])c6ccccc6-7)cc54)cc32)c([2H])c1[2H]. The van der Waals surface area contributed by atoms with Crippen LogP contribution in [0.3, 0.4) is 0 Å². The van der Waals surface area contributed by atoms with Gasteiger partial charge in [-0.05, 0) is 208 Å². The zero-order valence-electron chi connectivity index (χ0n) is 61.9. The lowest BCUT2D eigenvalue weighted by atomic mass is 9.68. The first-order valence-electron chi connectivity index (χ1n) is 37.4. The molecule has 14 aromatic carbocycles. The van der Waals surface area contributed by atoms with Crippen LogP contribution in [0.4, 0.5) is 34.1 Å². The Morgan fingerprint density at radius 1 is 0.274 bits per heavy atom. The first-order valence-corrected chi connectivity index (χ1v) is 32.4. The Hall–Kier alpha value is -11.8. The second-order valence-corrected chi connectivity index (χ2v) is 25.2. The molecule has 4 aliphatic carbocycles. The molecule has 0 saturated heterocycles. The average molecular weight is 1220 g/mol. The van der Waals surface area contributed by atoms with E-state index in [0.717, 1.165) is 145 Å². The minimum Gasteiger partial charge on any atom is -0.310 e. The lowest BCUT2D eigenvalue weighted by molar-refractivity contribution is 0.629. The molecular weight excluding hydrogens is 1150 g/mol. The van der Waals surface area contributed by atoms with Crippen LogP contribution in [-0.4, -0.2) is 0 Å². The van der Waals surface area contributed by atoms with Crippen molar-refractivity contribution in [1.29, 1.82) is 0 Å². The van der Waals surface area contributed by atoms with E-state index < -0.39 is 52.5 Å². The fraction of sp³-hybridized carbons (Fsp3) is 0.0538. The minimum atomic E-state index is -1.27. The van der Waals surface area contributed by atoms with Crippen molar-refractivity contribution in [2.24, 2.45) is 0 Å². The van der Waals surface area contributed by atoms with Gasteiger partial charge in [-0.1, -0.05) is 292 Å². The first-order chi connectivity index (χ1) is 51.1. The summed E-state index contributed by atoms with van der Waals surface area (Å²) in [7, 11) is 0. The third kappa shape index (κ3) is 8.44. The number of fused-ring (bicyclic) bond motifs is 16. The summed E-state index contributed by atoms with van der Waals surface area (Å²) in [4.78, 5) is 4.57. The van der Waals surface area contributed by atoms with Crippen molar-refractivity contribution in [3.05, 3.63) is 431 Å². The number of anilines is 6. The van der Waals surface area contributed by atoms with Gasteiger partial charge in [0, 0.05) is 34.1 Å². The third-order valence-electron chi connectivity index (χ3n) is 20.6. The summed E-state index contributed by atoms with van der Waals surface area (Å²) in [5.74, 6) is 0. The first kappa shape index (κ1) is 46.3. The Morgan fingerprint density at radius 2 is 0.568 bits per heavy atom. The molecule has 2 heteroatoms. The van der Waals surface area contributed by atoms with E-state index in [-0.39, 0.29) is 48.1 Å². The fourth-order valence-corrected chi connectivity index (χ4v) is 16.6. The van der Waals surface area contributed by atoms with Crippen molar-refractivity contribution in [3.8, 4) is 44.5 Å². The third-order valence-corrected chi connectivity index (χ3v) is 20.6. The molecule has 0 saturated carbocycles. The van der Waals surface area contributed by atoms with Gasteiger partial charge >= 0.3 is 0 Å². The van der Waals surface area contributed by atoms with Gasteiger partial charge in [-0.3, -0.25) is 0 Å². The number of hydrogen-bond donors (Lipinski definition) is 0. The van der Waals surface area contributed by atoms with E-state index in [1.807, 2.05) is 109 Å². The van der Waals surface area contributed by atoms with Crippen LogP contribution in [0.2, 0.25) is 0 Å². The maximum absolute atomic E-state index is 9.82. The summed E-state index contributed by atoms with van der Waals surface area (Å²) in [5.41, 5.74) is 21.7. The monoisotopic (exact) mass is 1220 g/mol. The van der Waals surface area contributed by atoms with Crippen LogP contribution in [0.25, 0.3) is 56.7 Å². The Balaban J connectivity index is 0.851. The van der Waals surface area contributed by atoms with Crippen LogP contribution in [0.15, 0.2) is 353 Å². The Morgan fingerprint density at radius 3 is 0.926 bits per heavy atom. The van der Waals surface area contributed by atoms with E-state index in [0.29, 0.717) is 0 Å². The topological polar surface area (TPSA) is 6.48 Å². The Bertz CT molecular complexity index is 5570. The van der Waals surface area contributed by atoms with Crippen LogP contribution in [0, 0.1) is 0 Å². The van der Waals surface area contributed by atoms with Crippen LogP contribution < -0.4 is 9.80 Å². The summed E-state index contributed by atoms with van der Waals surface area (Å²) in [5, 5.41) is 0. The number of rotatable bonds is 14. The molecule has 95 heavy (non-hydrogen) atoms. The zero-order valence-corrected chi connectivity index (χ0v) is 51.9. The van der Waals surface area contributed by atoms with Crippen LogP contribution in [0.5, 0.6) is 0 Å². The van der Waals surface area contributed by atoms with E-state index in [2.05, 4.69) is 193 Å². The zero-order chi connectivity index (χ0) is 71.9. The van der Waals surface area contributed by atoms with Crippen molar-refractivity contribution >= 4 is 46.3 Å². The summed E-state index contributed by atoms with van der Waals surface area (Å²) in [6.45, 7) is 8.04. The smallest absolute Gasteiger partial charge is 0.0727 e. The molecule has 0 fully saturated rings. The van der Waals surface area contributed by atoms with E-state index in [1.54, 1.807) is 12.2 Å². The van der Waals surface area contributed by atoms with Crippen molar-refractivity contribution in [1.82, 2.24) is 0 Å². The number of nitrogens with zero attached hydrogens (tertiary/aromatic N) is 2. The lowest BCUT2D eigenvalue weighted by Crippen LogP contribution is -2.30. The van der Waals surface area contributed by atoms with Gasteiger partial charge in [-0.2, -0.15) is 0 Å². The molecule has 0 N–H and O–H groups in total. The van der Waals surface area contributed by atoms with Gasteiger partial charge in [-0.25, -0.2) is 0 Å². The highest BCUT2D eigenvalue weighted by Crippen LogP contribution is 2.65. The number of hydrogen-bond acceptors (Lipinski definition) is 2. The van der Waals surface area contributed by atoms with Gasteiger partial charge < -0.3 is 9.80 Å². The normalized spacial score (nSPS) is 18.4. The highest BCUT2D eigenvalue weighted by atomic mass is 15.1. The van der Waals surface area contributed by atoms with Gasteiger partial charge in [0.2, 0.25) is 0 Å². The summed E-state index contributed by atoms with van der Waals surface area (Å²) < 4.78 is 93.8. The average Bonchev–Trinajstić information content (AvgIpc) is 1.52. The maximum atomic E-state index is 9.82. The van der Waals surface area contributed by atoms with Gasteiger partial charge in [0.05, 0.1) is 30.0 Å². The minimum absolute atomic E-state index is 0.214. The molecule has 0 radical (unpaired) electrons.